The van der Waals surface area contributed by atoms with Crippen molar-refractivity contribution < 1.29 is 4.55 Å². The van der Waals surface area contributed by atoms with Gasteiger partial charge in [0.1, 0.15) is 4.75 Å². The number of thiophene rings is 1. The third-order valence-electron chi connectivity index (χ3n) is 2.65. The van der Waals surface area contributed by atoms with Crippen molar-refractivity contribution in [2.75, 3.05) is 0 Å². The van der Waals surface area contributed by atoms with Gasteiger partial charge in [-0.15, -0.1) is 16.1 Å². The average molecular weight is 293 g/mol. The second kappa shape index (κ2) is 6.09. The van der Waals surface area contributed by atoms with E-state index in [9.17, 15) is 4.55 Å². The Morgan fingerprint density at radius 2 is 1.79 bits per heavy atom. The van der Waals surface area contributed by atoms with Crippen molar-refractivity contribution in [2.24, 2.45) is 0 Å². The van der Waals surface area contributed by atoms with Crippen LogP contribution in [-0.4, -0.2) is 9.30 Å². The first-order chi connectivity index (χ1) is 8.97. The molecule has 0 amide bonds. The molecule has 0 spiro atoms. The summed E-state index contributed by atoms with van der Waals surface area (Å²) in [7, 11) is 0. The third-order valence-corrected chi connectivity index (χ3v) is 5.31. The summed E-state index contributed by atoms with van der Waals surface area (Å²) in [6, 6.07) is 14.5. The van der Waals surface area contributed by atoms with Crippen LogP contribution in [0.2, 0.25) is 0 Å². The summed E-state index contributed by atoms with van der Waals surface area (Å²) < 4.78 is 14.8. The second-order valence-corrected chi connectivity index (χ2v) is 8.55. The summed E-state index contributed by atoms with van der Waals surface area (Å²) in [4.78, 5) is 2.45. The van der Waals surface area contributed by atoms with Crippen molar-refractivity contribution >= 4 is 22.7 Å². The van der Waals surface area contributed by atoms with Crippen LogP contribution in [0.25, 0.3) is 10.4 Å². The molecule has 0 saturated carbocycles. The first-order valence-electron chi connectivity index (χ1n) is 6.26. The monoisotopic (exact) mass is 293 g/mol. The van der Waals surface area contributed by atoms with E-state index in [2.05, 4.69) is 29.0 Å². The normalized spacial score (nSPS) is 13.5. The maximum Gasteiger partial charge on any atom is 0.136 e. The van der Waals surface area contributed by atoms with E-state index in [-0.39, 0.29) is 4.75 Å². The Labute approximate surface area is 122 Å². The van der Waals surface area contributed by atoms with Crippen molar-refractivity contribution in [1.29, 1.82) is 0 Å². The van der Waals surface area contributed by atoms with E-state index in [0.29, 0.717) is 6.54 Å². The highest BCUT2D eigenvalue weighted by Gasteiger charge is 2.26. The maximum atomic E-state index is 11.9. The Morgan fingerprint density at radius 1 is 1.11 bits per heavy atom. The lowest BCUT2D eigenvalue weighted by molar-refractivity contribution is 0.544. The molecule has 0 fully saturated rings. The van der Waals surface area contributed by atoms with Crippen LogP contribution >= 0.6 is 11.3 Å². The SMILES string of the molecule is CC(C)(C)[S+]([O-])NCc1ccc(-c2ccccc2)s1. The number of benzene rings is 1. The maximum absolute atomic E-state index is 11.9. The van der Waals surface area contributed by atoms with E-state index >= 15 is 0 Å². The second-order valence-electron chi connectivity index (χ2n) is 5.33. The van der Waals surface area contributed by atoms with Crippen LogP contribution in [0, 0.1) is 0 Å². The van der Waals surface area contributed by atoms with E-state index < -0.39 is 11.4 Å². The fourth-order valence-corrected chi connectivity index (χ4v) is 3.35. The molecule has 102 valence electrons. The lowest BCUT2D eigenvalue weighted by Gasteiger charge is -2.23. The highest BCUT2D eigenvalue weighted by molar-refractivity contribution is 7.90. The standard InChI is InChI=1S/C15H19NOS2/c1-15(2,3)19(17)16-11-13-9-10-14(18-13)12-7-5-4-6-8-12/h4-10,16H,11H2,1-3H3. The van der Waals surface area contributed by atoms with E-state index in [1.807, 2.05) is 39.0 Å². The van der Waals surface area contributed by atoms with E-state index in [0.717, 1.165) is 0 Å². The Bertz CT molecular complexity index is 516. The lowest BCUT2D eigenvalue weighted by Crippen LogP contribution is -2.38. The van der Waals surface area contributed by atoms with Crippen molar-refractivity contribution in [2.45, 2.75) is 32.1 Å². The molecular weight excluding hydrogens is 274 g/mol. The van der Waals surface area contributed by atoms with Gasteiger partial charge >= 0.3 is 0 Å². The molecule has 0 aliphatic carbocycles. The zero-order chi connectivity index (χ0) is 13.9. The zero-order valence-electron chi connectivity index (χ0n) is 11.5. The molecule has 19 heavy (non-hydrogen) atoms. The summed E-state index contributed by atoms with van der Waals surface area (Å²) in [6.45, 7) is 6.57. The van der Waals surface area contributed by atoms with Crippen LogP contribution in [0.4, 0.5) is 0 Å². The fraction of sp³-hybridized carbons (Fsp3) is 0.333. The first kappa shape index (κ1) is 14.6. The smallest absolute Gasteiger partial charge is 0.136 e. The van der Waals surface area contributed by atoms with Gasteiger partial charge in [-0.05, 0) is 38.5 Å². The molecule has 2 nitrogen and oxygen atoms in total. The quantitative estimate of drug-likeness (QED) is 0.866. The molecule has 2 aromatic rings. The summed E-state index contributed by atoms with van der Waals surface area (Å²) in [5.41, 5.74) is 1.23. The van der Waals surface area contributed by atoms with Crippen LogP contribution < -0.4 is 4.72 Å². The Kier molecular flexibility index (Phi) is 4.68. The number of hydrogen-bond donors (Lipinski definition) is 1. The van der Waals surface area contributed by atoms with Crippen molar-refractivity contribution in [3.8, 4) is 10.4 Å². The summed E-state index contributed by atoms with van der Waals surface area (Å²) >= 11 is 0.725. The van der Waals surface area contributed by atoms with Crippen LogP contribution in [0.1, 0.15) is 25.6 Å². The zero-order valence-corrected chi connectivity index (χ0v) is 13.1. The predicted octanol–water partition coefficient (Wildman–Crippen LogP) is 3.97. The largest absolute Gasteiger partial charge is 0.598 e. The molecule has 1 N–H and O–H groups in total. The van der Waals surface area contributed by atoms with Gasteiger partial charge in [0.2, 0.25) is 0 Å². The molecular formula is C15H19NOS2. The van der Waals surface area contributed by atoms with E-state index in [1.54, 1.807) is 11.3 Å². The first-order valence-corrected chi connectivity index (χ1v) is 8.23. The summed E-state index contributed by atoms with van der Waals surface area (Å²) in [6.07, 6.45) is 0. The van der Waals surface area contributed by atoms with Crippen LogP contribution in [0.3, 0.4) is 0 Å². The molecule has 0 aliphatic rings. The molecule has 0 saturated heterocycles. The van der Waals surface area contributed by atoms with Gasteiger partial charge in [-0.25, -0.2) is 0 Å². The van der Waals surface area contributed by atoms with Crippen molar-refractivity contribution in [1.82, 2.24) is 4.72 Å². The molecule has 4 heteroatoms. The van der Waals surface area contributed by atoms with Gasteiger partial charge < -0.3 is 4.55 Å². The molecule has 0 bridgehead atoms. The van der Waals surface area contributed by atoms with Gasteiger partial charge in [-0.2, -0.15) is 0 Å². The fourth-order valence-electron chi connectivity index (χ4n) is 1.58. The van der Waals surface area contributed by atoms with E-state index in [1.165, 1.54) is 15.3 Å². The van der Waals surface area contributed by atoms with Crippen LogP contribution in [0.5, 0.6) is 0 Å². The summed E-state index contributed by atoms with van der Waals surface area (Å²) in [5.74, 6) is 0. The van der Waals surface area contributed by atoms with Gasteiger partial charge in [-0.1, -0.05) is 30.3 Å². The van der Waals surface area contributed by atoms with Crippen LogP contribution in [-0.2, 0) is 17.9 Å². The van der Waals surface area contributed by atoms with Crippen molar-refractivity contribution in [3.63, 3.8) is 0 Å². The molecule has 1 aromatic carbocycles. The molecule has 1 atom stereocenters. The predicted molar refractivity (Wildman–Crippen MR) is 84.5 cm³/mol. The highest BCUT2D eigenvalue weighted by atomic mass is 32.2. The number of rotatable bonds is 4. The Morgan fingerprint density at radius 3 is 2.42 bits per heavy atom. The van der Waals surface area contributed by atoms with Crippen LogP contribution in [0.15, 0.2) is 42.5 Å². The Hall–Kier alpha value is -0.810. The topological polar surface area (TPSA) is 35.1 Å². The van der Waals surface area contributed by atoms with E-state index in [4.69, 9.17) is 0 Å². The molecule has 1 aromatic heterocycles. The van der Waals surface area contributed by atoms with Gasteiger partial charge in [0.25, 0.3) is 0 Å². The molecule has 2 rings (SSSR count). The minimum Gasteiger partial charge on any atom is -0.598 e. The summed E-state index contributed by atoms with van der Waals surface area (Å²) in [5, 5.41) is 0. The Balaban J connectivity index is 1.99. The lowest BCUT2D eigenvalue weighted by atomic mass is 10.2. The van der Waals surface area contributed by atoms with Crippen molar-refractivity contribution in [3.05, 3.63) is 47.3 Å². The molecule has 0 radical (unpaired) electrons. The molecule has 1 heterocycles. The average Bonchev–Trinajstić information content (AvgIpc) is 2.84. The number of nitrogens with one attached hydrogen (secondary N) is 1. The molecule has 1 unspecified atom stereocenters. The molecule has 0 aliphatic heterocycles. The third kappa shape index (κ3) is 4.08. The van der Waals surface area contributed by atoms with Gasteiger partial charge in [0, 0.05) is 21.1 Å². The van der Waals surface area contributed by atoms with Gasteiger partial charge in [-0.3, -0.25) is 0 Å². The number of hydrogen-bond acceptors (Lipinski definition) is 3. The highest BCUT2D eigenvalue weighted by Crippen LogP contribution is 2.28. The minimum atomic E-state index is -1.02. The minimum absolute atomic E-state index is 0.223. The van der Waals surface area contributed by atoms with Gasteiger partial charge in [0.05, 0.1) is 6.54 Å². The van der Waals surface area contributed by atoms with Gasteiger partial charge in [0.15, 0.2) is 0 Å².